The fraction of sp³-hybridized carbons (Fsp3) is 0.500. The van der Waals surface area contributed by atoms with Crippen LogP contribution in [0.3, 0.4) is 0 Å². The van der Waals surface area contributed by atoms with E-state index in [1.54, 1.807) is 18.2 Å². The van der Waals surface area contributed by atoms with Gasteiger partial charge in [-0.1, -0.05) is 11.6 Å². The first-order chi connectivity index (χ1) is 9.05. The molecule has 1 heterocycles. The second kappa shape index (κ2) is 5.80. The van der Waals surface area contributed by atoms with Crippen molar-refractivity contribution in [2.24, 2.45) is 5.41 Å². The van der Waals surface area contributed by atoms with Crippen LogP contribution in [-0.2, 0) is 4.79 Å². The van der Waals surface area contributed by atoms with E-state index in [0.29, 0.717) is 29.6 Å². The van der Waals surface area contributed by atoms with Crippen LogP contribution >= 0.6 is 11.6 Å². The van der Waals surface area contributed by atoms with Gasteiger partial charge in [0.1, 0.15) is 5.75 Å². The van der Waals surface area contributed by atoms with Crippen LogP contribution in [0.15, 0.2) is 18.2 Å². The molecule has 0 saturated carbocycles. The normalized spacial score (nSPS) is 22.3. The average Bonchev–Trinajstić information content (AvgIpc) is 2.81. The maximum Gasteiger partial charge on any atom is 0.231 e. The minimum Gasteiger partial charge on any atom is -0.492 e. The first-order valence-corrected chi connectivity index (χ1v) is 6.87. The summed E-state index contributed by atoms with van der Waals surface area (Å²) in [5.74, 6) is 0.661. The van der Waals surface area contributed by atoms with Crippen molar-refractivity contribution in [3.8, 4) is 5.75 Å². The molecule has 1 aromatic carbocycles. The number of benzene rings is 1. The first-order valence-electron chi connectivity index (χ1n) is 6.50. The predicted octanol–water partition coefficient (Wildman–Crippen LogP) is 2.68. The fourth-order valence-electron chi connectivity index (χ4n) is 2.14. The number of nitrogens with one attached hydrogen (secondary N) is 2. The second-order valence-corrected chi connectivity index (χ2v) is 5.43. The van der Waals surface area contributed by atoms with Gasteiger partial charge in [-0.15, -0.1) is 0 Å². The first kappa shape index (κ1) is 14.2. The SMILES string of the molecule is CCOc1ccc(NC(=O)C2(C)CCNC2)cc1Cl. The van der Waals surface area contributed by atoms with E-state index in [1.807, 2.05) is 13.8 Å². The number of anilines is 1. The molecule has 2 rings (SSSR count). The Labute approximate surface area is 118 Å². The molecule has 1 aliphatic heterocycles. The van der Waals surface area contributed by atoms with Crippen molar-refractivity contribution in [3.05, 3.63) is 23.2 Å². The summed E-state index contributed by atoms with van der Waals surface area (Å²) in [4.78, 5) is 12.2. The van der Waals surface area contributed by atoms with Gasteiger partial charge in [-0.2, -0.15) is 0 Å². The van der Waals surface area contributed by atoms with Gasteiger partial charge in [0.05, 0.1) is 17.0 Å². The Balaban J connectivity index is 2.07. The third-order valence-corrected chi connectivity index (χ3v) is 3.70. The number of ether oxygens (including phenoxy) is 1. The Morgan fingerprint density at radius 1 is 1.58 bits per heavy atom. The van der Waals surface area contributed by atoms with Gasteiger partial charge < -0.3 is 15.4 Å². The zero-order valence-corrected chi connectivity index (χ0v) is 12.0. The standard InChI is InChI=1S/C14H19ClN2O2/c1-3-19-12-5-4-10(8-11(12)15)17-13(18)14(2)6-7-16-9-14/h4-5,8,16H,3,6-7,9H2,1-2H3,(H,17,18). The van der Waals surface area contributed by atoms with Crippen molar-refractivity contribution in [1.29, 1.82) is 0 Å². The van der Waals surface area contributed by atoms with E-state index in [1.165, 1.54) is 0 Å². The molecule has 0 aliphatic carbocycles. The lowest BCUT2D eigenvalue weighted by atomic mass is 9.89. The summed E-state index contributed by atoms with van der Waals surface area (Å²) in [7, 11) is 0. The minimum atomic E-state index is -0.342. The molecular formula is C14H19ClN2O2. The lowest BCUT2D eigenvalue weighted by Crippen LogP contribution is -2.35. The van der Waals surface area contributed by atoms with Crippen molar-refractivity contribution in [3.63, 3.8) is 0 Å². The number of rotatable bonds is 4. The van der Waals surface area contributed by atoms with Gasteiger partial charge in [0.15, 0.2) is 0 Å². The third kappa shape index (κ3) is 3.19. The highest BCUT2D eigenvalue weighted by atomic mass is 35.5. The van der Waals surface area contributed by atoms with E-state index in [9.17, 15) is 4.79 Å². The summed E-state index contributed by atoms with van der Waals surface area (Å²) in [6, 6.07) is 5.30. The molecule has 1 saturated heterocycles. The average molecular weight is 283 g/mol. The quantitative estimate of drug-likeness (QED) is 0.893. The highest BCUT2D eigenvalue weighted by Gasteiger charge is 2.36. The Bertz CT molecular complexity index is 471. The van der Waals surface area contributed by atoms with Crippen molar-refractivity contribution < 1.29 is 9.53 Å². The van der Waals surface area contributed by atoms with Gasteiger partial charge in [-0.3, -0.25) is 4.79 Å². The van der Waals surface area contributed by atoms with Crippen LogP contribution in [-0.4, -0.2) is 25.6 Å². The monoisotopic (exact) mass is 282 g/mol. The number of carbonyl (C=O) groups excluding carboxylic acids is 1. The number of halogens is 1. The Morgan fingerprint density at radius 2 is 2.37 bits per heavy atom. The predicted molar refractivity (Wildman–Crippen MR) is 76.8 cm³/mol. The molecule has 1 aliphatic rings. The van der Waals surface area contributed by atoms with E-state index in [-0.39, 0.29) is 11.3 Å². The van der Waals surface area contributed by atoms with Crippen molar-refractivity contribution >= 4 is 23.2 Å². The van der Waals surface area contributed by atoms with E-state index in [0.717, 1.165) is 13.0 Å². The molecule has 0 spiro atoms. The zero-order valence-electron chi connectivity index (χ0n) is 11.3. The molecule has 19 heavy (non-hydrogen) atoms. The van der Waals surface area contributed by atoms with Crippen LogP contribution in [0.4, 0.5) is 5.69 Å². The Kier molecular flexibility index (Phi) is 4.32. The van der Waals surface area contributed by atoms with Gasteiger partial charge >= 0.3 is 0 Å². The smallest absolute Gasteiger partial charge is 0.231 e. The van der Waals surface area contributed by atoms with Crippen LogP contribution in [0, 0.1) is 5.41 Å². The molecular weight excluding hydrogens is 264 g/mol. The lowest BCUT2D eigenvalue weighted by molar-refractivity contribution is -0.123. The van der Waals surface area contributed by atoms with Crippen LogP contribution < -0.4 is 15.4 Å². The largest absolute Gasteiger partial charge is 0.492 e. The van der Waals surface area contributed by atoms with Crippen LogP contribution in [0.5, 0.6) is 5.75 Å². The molecule has 1 atom stereocenters. The molecule has 104 valence electrons. The summed E-state index contributed by atoms with van der Waals surface area (Å²) in [6.45, 7) is 6.03. The summed E-state index contributed by atoms with van der Waals surface area (Å²) in [6.07, 6.45) is 0.851. The van der Waals surface area contributed by atoms with Gasteiger partial charge in [-0.25, -0.2) is 0 Å². The summed E-state index contributed by atoms with van der Waals surface area (Å²) < 4.78 is 5.36. The molecule has 2 N–H and O–H groups in total. The topological polar surface area (TPSA) is 50.4 Å². The maximum atomic E-state index is 12.2. The van der Waals surface area contributed by atoms with Crippen LogP contribution in [0.1, 0.15) is 20.3 Å². The highest BCUT2D eigenvalue weighted by molar-refractivity contribution is 6.32. The molecule has 1 aromatic rings. The number of hydrogen-bond donors (Lipinski definition) is 2. The number of hydrogen-bond acceptors (Lipinski definition) is 3. The summed E-state index contributed by atoms with van der Waals surface area (Å²) in [5, 5.41) is 6.63. The number of carbonyl (C=O) groups is 1. The molecule has 0 bridgehead atoms. The van der Waals surface area contributed by atoms with Gasteiger partial charge in [0, 0.05) is 12.2 Å². The molecule has 1 fully saturated rings. The van der Waals surface area contributed by atoms with E-state index >= 15 is 0 Å². The van der Waals surface area contributed by atoms with Crippen LogP contribution in [0.2, 0.25) is 5.02 Å². The molecule has 1 unspecified atom stereocenters. The van der Waals surface area contributed by atoms with E-state index < -0.39 is 0 Å². The molecule has 0 radical (unpaired) electrons. The number of amides is 1. The molecule has 0 aromatic heterocycles. The maximum absolute atomic E-state index is 12.2. The van der Waals surface area contributed by atoms with Crippen LogP contribution in [0.25, 0.3) is 0 Å². The molecule has 5 heteroatoms. The second-order valence-electron chi connectivity index (χ2n) is 5.02. The zero-order chi connectivity index (χ0) is 13.9. The Hall–Kier alpha value is -1.26. The van der Waals surface area contributed by atoms with Gasteiger partial charge in [-0.05, 0) is 45.0 Å². The van der Waals surface area contributed by atoms with E-state index in [2.05, 4.69) is 10.6 Å². The van der Waals surface area contributed by atoms with E-state index in [4.69, 9.17) is 16.3 Å². The van der Waals surface area contributed by atoms with Gasteiger partial charge in [0.25, 0.3) is 0 Å². The highest BCUT2D eigenvalue weighted by Crippen LogP contribution is 2.30. The van der Waals surface area contributed by atoms with Crippen molar-refractivity contribution in [1.82, 2.24) is 5.32 Å². The third-order valence-electron chi connectivity index (χ3n) is 3.41. The summed E-state index contributed by atoms with van der Waals surface area (Å²) >= 11 is 6.10. The van der Waals surface area contributed by atoms with Crippen molar-refractivity contribution in [2.45, 2.75) is 20.3 Å². The van der Waals surface area contributed by atoms with Gasteiger partial charge in [0.2, 0.25) is 5.91 Å². The minimum absolute atomic E-state index is 0.0257. The molecule has 4 nitrogen and oxygen atoms in total. The lowest BCUT2D eigenvalue weighted by Gasteiger charge is -2.21. The fourth-order valence-corrected chi connectivity index (χ4v) is 2.38. The van der Waals surface area contributed by atoms with Crippen molar-refractivity contribution in [2.75, 3.05) is 25.0 Å². The Morgan fingerprint density at radius 3 is 2.95 bits per heavy atom. The summed E-state index contributed by atoms with van der Waals surface area (Å²) in [5.41, 5.74) is 0.358. The molecule has 1 amide bonds.